The number of hydrogen-bond donors (Lipinski definition) is 1. The van der Waals surface area contributed by atoms with Gasteiger partial charge in [0.25, 0.3) is 0 Å². The van der Waals surface area contributed by atoms with Gasteiger partial charge in [-0.05, 0) is 38.3 Å². The quantitative estimate of drug-likeness (QED) is 0.762. The summed E-state index contributed by atoms with van der Waals surface area (Å²) in [5.41, 5.74) is 0. The van der Waals surface area contributed by atoms with Crippen LogP contribution in [-0.2, 0) is 0 Å². The van der Waals surface area contributed by atoms with Gasteiger partial charge in [0.05, 0.1) is 0 Å². The van der Waals surface area contributed by atoms with E-state index in [9.17, 15) is 0 Å². The first-order valence-corrected chi connectivity index (χ1v) is 6.11. The Hall–Kier alpha value is -1.16. The lowest BCUT2D eigenvalue weighted by Gasteiger charge is -2.35. The van der Waals surface area contributed by atoms with E-state index in [4.69, 9.17) is 0 Å². The first kappa shape index (κ1) is 10.0. The van der Waals surface area contributed by atoms with Gasteiger partial charge in [0, 0.05) is 25.3 Å². The zero-order valence-corrected chi connectivity index (χ0v) is 9.69. The van der Waals surface area contributed by atoms with Crippen LogP contribution in [0, 0.1) is 12.8 Å². The number of piperidine rings is 1. The van der Waals surface area contributed by atoms with Crippen molar-refractivity contribution in [1.29, 1.82) is 0 Å². The second kappa shape index (κ2) is 4.01. The van der Waals surface area contributed by atoms with Crippen LogP contribution in [0.25, 0.3) is 0 Å². The van der Waals surface area contributed by atoms with Crippen LogP contribution in [0.3, 0.4) is 0 Å². The SMILES string of the molecule is Cc1nccc(N2CCC3NCCC3C2)n1. The van der Waals surface area contributed by atoms with Gasteiger partial charge in [-0.25, -0.2) is 9.97 Å². The third-order valence-corrected chi connectivity index (χ3v) is 3.74. The molecule has 0 aliphatic carbocycles. The number of aromatic nitrogens is 2. The minimum absolute atomic E-state index is 0.749. The molecule has 0 bridgehead atoms. The van der Waals surface area contributed by atoms with Crippen molar-refractivity contribution in [1.82, 2.24) is 15.3 Å². The zero-order valence-electron chi connectivity index (χ0n) is 9.69. The predicted octanol–water partition coefficient (Wildman–Crippen LogP) is 0.973. The summed E-state index contributed by atoms with van der Waals surface area (Å²) in [5.74, 6) is 2.77. The molecule has 2 saturated heterocycles. The van der Waals surface area contributed by atoms with Crippen LogP contribution < -0.4 is 10.2 Å². The molecule has 2 fully saturated rings. The summed E-state index contributed by atoms with van der Waals surface area (Å²) in [6.45, 7) is 5.40. The fraction of sp³-hybridized carbons (Fsp3) is 0.667. The number of fused-ring (bicyclic) bond motifs is 1. The highest BCUT2D eigenvalue weighted by Crippen LogP contribution is 2.27. The number of anilines is 1. The van der Waals surface area contributed by atoms with Gasteiger partial charge in [-0.15, -0.1) is 0 Å². The van der Waals surface area contributed by atoms with Crippen molar-refractivity contribution >= 4 is 5.82 Å². The molecule has 0 aromatic carbocycles. The molecule has 1 N–H and O–H groups in total. The second-order valence-electron chi connectivity index (χ2n) is 4.81. The van der Waals surface area contributed by atoms with Crippen LogP contribution in [0.15, 0.2) is 12.3 Å². The maximum absolute atomic E-state index is 4.51. The lowest BCUT2D eigenvalue weighted by atomic mass is 9.93. The standard InChI is InChI=1S/C12H18N4/c1-9-13-6-3-12(15-9)16-7-4-11-10(8-16)2-5-14-11/h3,6,10-11,14H,2,4-5,7-8H2,1H3. The Morgan fingerprint density at radius 1 is 1.44 bits per heavy atom. The van der Waals surface area contributed by atoms with Gasteiger partial charge >= 0.3 is 0 Å². The molecule has 4 heteroatoms. The third-order valence-electron chi connectivity index (χ3n) is 3.74. The normalized spacial score (nSPS) is 29.2. The van der Waals surface area contributed by atoms with Gasteiger partial charge in [-0.2, -0.15) is 0 Å². The van der Waals surface area contributed by atoms with Gasteiger partial charge in [-0.1, -0.05) is 0 Å². The lowest BCUT2D eigenvalue weighted by molar-refractivity contribution is 0.375. The number of aryl methyl sites for hydroxylation is 1. The molecule has 3 rings (SSSR count). The molecule has 1 aromatic heterocycles. The van der Waals surface area contributed by atoms with Crippen LogP contribution in [0.5, 0.6) is 0 Å². The average Bonchev–Trinajstić information content (AvgIpc) is 2.75. The molecule has 2 atom stereocenters. The topological polar surface area (TPSA) is 41.1 Å². The van der Waals surface area contributed by atoms with Crippen LogP contribution in [0.1, 0.15) is 18.7 Å². The predicted molar refractivity (Wildman–Crippen MR) is 63.5 cm³/mol. The molecule has 4 nitrogen and oxygen atoms in total. The van der Waals surface area contributed by atoms with Crippen LogP contribution in [0.4, 0.5) is 5.82 Å². The zero-order chi connectivity index (χ0) is 11.0. The van der Waals surface area contributed by atoms with Crippen LogP contribution in [-0.4, -0.2) is 35.6 Å². The largest absolute Gasteiger partial charge is 0.356 e. The van der Waals surface area contributed by atoms with E-state index in [0.29, 0.717) is 0 Å². The van der Waals surface area contributed by atoms with Crippen molar-refractivity contribution in [3.05, 3.63) is 18.1 Å². The van der Waals surface area contributed by atoms with Gasteiger partial charge in [0.1, 0.15) is 11.6 Å². The molecule has 2 aliphatic rings. The Morgan fingerprint density at radius 2 is 2.38 bits per heavy atom. The van der Waals surface area contributed by atoms with Crippen molar-refractivity contribution in [2.24, 2.45) is 5.92 Å². The number of nitrogens with zero attached hydrogens (tertiary/aromatic N) is 3. The van der Waals surface area contributed by atoms with E-state index < -0.39 is 0 Å². The Bertz CT molecular complexity index is 379. The van der Waals surface area contributed by atoms with Crippen molar-refractivity contribution in [2.45, 2.75) is 25.8 Å². The molecular formula is C12H18N4. The Labute approximate surface area is 96.1 Å². The maximum atomic E-state index is 4.51. The van der Waals surface area contributed by atoms with Crippen molar-refractivity contribution in [3.8, 4) is 0 Å². The molecule has 3 heterocycles. The summed E-state index contributed by atoms with van der Waals surface area (Å²) in [6, 6.07) is 2.77. The highest BCUT2D eigenvalue weighted by molar-refractivity contribution is 5.38. The number of rotatable bonds is 1. The summed E-state index contributed by atoms with van der Waals surface area (Å²) in [4.78, 5) is 11.1. The lowest BCUT2D eigenvalue weighted by Crippen LogP contribution is -2.44. The van der Waals surface area contributed by atoms with E-state index >= 15 is 0 Å². The van der Waals surface area contributed by atoms with Gasteiger partial charge in [0.15, 0.2) is 0 Å². The Morgan fingerprint density at radius 3 is 3.25 bits per heavy atom. The molecule has 86 valence electrons. The summed E-state index contributed by atoms with van der Waals surface area (Å²) in [5, 5.41) is 3.58. The summed E-state index contributed by atoms with van der Waals surface area (Å²) in [7, 11) is 0. The molecule has 0 radical (unpaired) electrons. The van der Waals surface area contributed by atoms with Gasteiger partial charge in [0.2, 0.25) is 0 Å². The fourth-order valence-corrected chi connectivity index (χ4v) is 2.88. The van der Waals surface area contributed by atoms with E-state index in [1.807, 2.05) is 19.2 Å². The highest BCUT2D eigenvalue weighted by atomic mass is 15.2. The fourth-order valence-electron chi connectivity index (χ4n) is 2.88. The van der Waals surface area contributed by atoms with Gasteiger partial charge < -0.3 is 10.2 Å². The average molecular weight is 218 g/mol. The molecule has 2 unspecified atom stereocenters. The molecule has 0 amide bonds. The van der Waals surface area contributed by atoms with Gasteiger partial charge in [-0.3, -0.25) is 0 Å². The minimum Gasteiger partial charge on any atom is -0.356 e. The Kier molecular flexibility index (Phi) is 2.52. The monoisotopic (exact) mass is 218 g/mol. The smallest absolute Gasteiger partial charge is 0.132 e. The second-order valence-corrected chi connectivity index (χ2v) is 4.81. The summed E-state index contributed by atoms with van der Waals surface area (Å²) >= 11 is 0. The Balaban J connectivity index is 1.76. The molecular weight excluding hydrogens is 200 g/mol. The molecule has 0 saturated carbocycles. The van der Waals surface area contributed by atoms with Crippen LogP contribution >= 0.6 is 0 Å². The van der Waals surface area contributed by atoms with Crippen molar-refractivity contribution in [2.75, 3.05) is 24.5 Å². The number of hydrogen-bond acceptors (Lipinski definition) is 4. The van der Waals surface area contributed by atoms with E-state index in [-0.39, 0.29) is 0 Å². The summed E-state index contributed by atoms with van der Waals surface area (Å²) < 4.78 is 0. The number of nitrogens with one attached hydrogen (secondary N) is 1. The van der Waals surface area contributed by atoms with Crippen LogP contribution in [0.2, 0.25) is 0 Å². The van der Waals surface area contributed by atoms with E-state index in [2.05, 4.69) is 20.2 Å². The molecule has 1 aromatic rings. The first-order chi connectivity index (χ1) is 7.83. The third kappa shape index (κ3) is 1.78. The molecule has 2 aliphatic heterocycles. The van der Waals surface area contributed by atoms with E-state index in [0.717, 1.165) is 36.7 Å². The molecule has 16 heavy (non-hydrogen) atoms. The summed E-state index contributed by atoms with van der Waals surface area (Å²) in [6.07, 6.45) is 4.41. The maximum Gasteiger partial charge on any atom is 0.132 e. The molecule has 0 spiro atoms. The minimum atomic E-state index is 0.749. The van der Waals surface area contributed by atoms with Crippen molar-refractivity contribution < 1.29 is 0 Å². The first-order valence-electron chi connectivity index (χ1n) is 6.11. The van der Waals surface area contributed by atoms with E-state index in [1.165, 1.54) is 19.4 Å². The van der Waals surface area contributed by atoms with Crippen molar-refractivity contribution in [3.63, 3.8) is 0 Å². The van der Waals surface area contributed by atoms with E-state index in [1.54, 1.807) is 0 Å². The highest BCUT2D eigenvalue weighted by Gasteiger charge is 2.32.